The van der Waals surface area contributed by atoms with Crippen molar-refractivity contribution in [3.63, 3.8) is 0 Å². The van der Waals surface area contributed by atoms with Crippen LogP contribution >= 0.6 is 11.8 Å². The minimum atomic E-state index is -0.334. The second-order valence-electron chi connectivity index (χ2n) is 7.54. The van der Waals surface area contributed by atoms with E-state index in [9.17, 15) is 9.59 Å². The molecule has 3 rings (SSSR count). The summed E-state index contributed by atoms with van der Waals surface area (Å²) in [5.74, 6) is 0.0774. The summed E-state index contributed by atoms with van der Waals surface area (Å²) >= 11 is 1.71. The maximum atomic E-state index is 12.4. The molecular weight excluding hydrogens is 372 g/mol. The molecule has 2 amide bonds. The third-order valence-electron chi connectivity index (χ3n) is 5.36. The molecule has 6 nitrogen and oxygen atoms in total. The summed E-state index contributed by atoms with van der Waals surface area (Å²) in [4.78, 5) is 25.5. The van der Waals surface area contributed by atoms with E-state index in [-0.39, 0.29) is 17.4 Å². The third-order valence-corrected chi connectivity index (χ3v) is 6.10. The first-order chi connectivity index (χ1) is 13.4. The Morgan fingerprint density at radius 2 is 2.11 bits per heavy atom. The molecule has 1 aromatic carbocycles. The summed E-state index contributed by atoms with van der Waals surface area (Å²) in [5.41, 5.74) is 2.80. The van der Waals surface area contributed by atoms with E-state index in [0.717, 1.165) is 24.1 Å². The van der Waals surface area contributed by atoms with E-state index in [1.807, 2.05) is 20.2 Å². The lowest BCUT2D eigenvalue weighted by atomic mass is 9.85. The van der Waals surface area contributed by atoms with Gasteiger partial charge in [0.15, 0.2) is 0 Å². The predicted octanol–water partition coefficient (Wildman–Crippen LogP) is 2.74. The fourth-order valence-corrected chi connectivity index (χ4v) is 4.18. The van der Waals surface area contributed by atoms with Gasteiger partial charge in [0.25, 0.3) is 0 Å². The largest absolute Gasteiger partial charge is 0.352 e. The molecular formula is C21H28N4O2S. The van der Waals surface area contributed by atoms with Crippen LogP contribution in [0.15, 0.2) is 35.4 Å². The first-order valence-electron chi connectivity index (χ1n) is 9.59. The van der Waals surface area contributed by atoms with Crippen LogP contribution in [0.2, 0.25) is 0 Å². The number of hydrogen-bond acceptors (Lipinski definition) is 4. The molecule has 1 saturated heterocycles. The van der Waals surface area contributed by atoms with Gasteiger partial charge >= 0.3 is 0 Å². The van der Waals surface area contributed by atoms with Gasteiger partial charge in [-0.25, -0.2) is 0 Å². The average molecular weight is 401 g/mol. The van der Waals surface area contributed by atoms with Crippen molar-refractivity contribution in [1.82, 2.24) is 20.4 Å². The molecule has 1 aliphatic rings. The van der Waals surface area contributed by atoms with E-state index >= 15 is 0 Å². The van der Waals surface area contributed by atoms with Crippen molar-refractivity contribution in [2.45, 2.75) is 56.0 Å². The summed E-state index contributed by atoms with van der Waals surface area (Å²) in [6.07, 6.45) is 7.06. The lowest BCUT2D eigenvalue weighted by Gasteiger charge is -2.29. The van der Waals surface area contributed by atoms with E-state index in [4.69, 9.17) is 0 Å². The molecule has 7 heteroatoms. The zero-order chi connectivity index (χ0) is 20.1. The van der Waals surface area contributed by atoms with Crippen LogP contribution in [0.1, 0.15) is 42.5 Å². The van der Waals surface area contributed by atoms with Gasteiger partial charge in [0.1, 0.15) is 0 Å². The molecule has 2 aromatic rings. The van der Waals surface area contributed by atoms with Crippen LogP contribution < -0.4 is 10.6 Å². The maximum Gasteiger partial charge on any atom is 0.220 e. The molecule has 28 heavy (non-hydrogen) atoms. The summed E-state index contributed by atoms with van der Waals surface area (Å²) in [7, 11) is 1.87. The number of amides is 2. The minimum Gasteiger partial charge on any atom is -0.352 e. The highest BCUT2D eigenvalue weighted by molar-refractivity contribution is 7.98. The molecule has 1 fully saturated rings. The summed E-state index contributed by atoms with van der Waals surface area (Å²) < 4.78 is 1.75. The molecule has 2 heterocycles. The molecule has 0 unspecified atom stereocenters. The number of nitrogens with one attached hydrogen (secondary N) is 2. The van der Waals surface area contributed by atoms with E-state index < -0.39 is 0 Å². The first kappa shape index (κ1) is 20.5. The van der Waals surface area contributed by atoms with E-state index in [0.29, 0.717) is 25.8 Å². The number of carbonyl (C=O) groups is 2. The van der Waals surface area contributed by atoms with Gasteiger partial charge in [-0.2, -0.15) is 5.10 Å². The van der Waals surface area contributed by atoms with Crippen LogP contribution in [-0.2, 0) is 29.6 Å². The summed E-state index contributed by atoms with van der Waals surface area (Å²) in [6, 6.07) is 8.44. The van der Waals surface area contributed by atoms with Crippen molar-refractivity contribution in [1.29, 1.82) is 0 Å². The number of aryl methyl sites for hydroxylation is 2. The monoisotopic (exact) mass is 400 g/mol. The zero-order valence-electron chi connectivity index (χ0n) is 16.7. The van der Waals surface area contributed by atoms with Crippen molar-refractivity contribution in [2.24, 2.45) is 7.05 Å². The standard InChI is InChI=1S/C21H28N4O2S/c1-15-17(14-25(2)24-15)13-22-19(26)8-10-21(11-9-20(27)23-21)12-16-4-6-18(28-3)7-5-16/h4-7,14H,8-13H2,1-3H3,(H,22,26)(H,23,27)/t21-/m1/s1. The molecule has 1 aliphatic heterocycles. The molecule has 1 atom stereocenters. The average Bonchev–Trinajstić information content (AvgIpc) is 3.20. The van der Waals surface area contributed by atoms with Gasteiger partial charge in [-0.3, -0.25) is 14.3 Å². The van der Waals surface area contributed by atoms with E-state index in [1.54, 1.807) is 16.4 Å². The quantitative estimate of drug-likeness (QED) is 0.668. The van der Waals surface area contributed by atoms with Gasteiger partial charge in [0.05, 0.1) is 5.69 Å². The third kappa shape index (κ3) is 5.16. The van der Waals surface area contributed by atoms with Gasteiger partial charge in [-0.15, -0.1) is 11.8 Å². The molecule has 0 radical (unpaired) electrons. The van der Waals surface area contributed by atoms with Crippen LogP contribution in [0.5, 0.6) is 0 Å². The van der Waals surface area contributed by atoms with Gasteiger partial charge in [0, 0.05) is 48.6 Å². The lowest BCUT2D eigenvalue weighted by Crippen LogP contribution is -2.44. The van der Waals surface area contributed by atoms with Gasteiger partial charge in [-0.05, 0) is 50.1 Å². The van der Waals surface area contributed by atoms with Crippen LogP contribution in [-0.4, -0.2) is 33.4 Å². The summed E-state index contributed by atoms with van der Waals surface area (Å²) in [5, 5.41) is 10.4. The fraction of sp³-hybridized carbons (Fsp3) is 0.476. The zero-order valence-corrected chi connectivity index (χ0v) is 17.6. The maximum absolute atomic E-state index is 12.4. The SMILES string of the molecule is CSc1ccc(C[C@@]2(CCC(=O)NCc3cn(C)nc3C)CCC(=O)N2)cc1. The normalized spacial score (nSPS) is 18.9. The Kier molecular flexibility index (Phi) is 6.44. The van der Waals surface area contributed by atoms with E-state index in [1.165, 1.54) is 10.5 Å². The number of nitrogens with zero attached hydrogens (tertiary/aromatic N) is 2. The predicted molar refractivity (Wildman–Crippen MR) is 111 cm³/mol. The van der Waals surface area contributed by atoms with Gasteiger partial charge in [0.2, 0.25) is 11.8 Å². The fourth-order valence-electron chi connectivity index (χ4n) is 3.77. The first-order valence-corrected chi connectivity index (χ1v) is 10.8. The van der Waals surface area contributed by atoms with E-state index in [2.05, 4.69) is 46.3 Å². The highest BCUT2D eigenvalue weighted by atomic mass is 32.2. The smallest absolute Gasteiger partial charge is 0.220 e. The van der Waals surface area contributed by atoms with Crippen molar-refractivity contribution in [3.05, 3.63) is 47.3 Å². The number of thioether (sulfide) groups is 1. The molecule has 0 spiro atoms. The second-order valence-corrected chi connectivity index (χ2v) is 8.42. The summed E-state index contributed by atoms with van der Waals surface area (Å²) in [6.45, 7) is 2.42. The lowest BCUT2D eigenvalue weighted by molar-refractivity contribution is -0.122. The molecule has 0 aliphatic carbocycles. The van der Waals surface area contributed by atoms with Crippen LogP contribution in [0.4, 0.5) is 0 Å². The van der Waals surface area contributed by atoms with Crippen molar-refractivity contribution < 1.29 is 9.59 Å². The Hall–Kier alpha value is -2.28. The topological polar surface area (TPSA) is 76.0 Å². The number of rotatable bonds is 8. The Balaban J connectivity index is 1.58. The van der Waals surface area contributed by atoms with Crippen molar-refractivity contribution in [2.75, 3.05) is 6.26 Å². The highest BCUT2D eigenvalue weighted by Crippen LogP contribution is 2.30. The molecule has 0 saturated carbocycles. The Morgan fingerprint density at radius 3 is 2.68 bits per heavy atom. The Labute approximate surface area is 170 Å². The van der Waals surface area contributed by atoms with Crippen LogP contribution in [0.3, 0.4) is 0 Å². The van der Waals surface area contributed by atoms with Gasteiger partial charge in [-0.1, -0.05) is 12.1 Å². The van der Waals surface area contributed by atoms with Crippen LogP contribution in [0.25, 0.3) is 0 Å². The highest BCUT2D eigenvalue weighted by Gasteiger charge is 2.37. The van der Waals surface area contributed by atoms with Crippen molar-refractivity contribution >= 4 is 23.6 Å². The second kappa shape index (κ2) is 8.82. The molecule has 2 N–H and O–H groups in total. The molecule has 1 aromatic heterocycles. The Morgan fingerprint density at radius 1 is 1.36 bits per heavy atom. The number of carbonyl (C=O) groups excluding carboxylic acids is 2. The molecule has 150 valence electrons. The van der Waals surface area contributed by atoms with Crippen molar-refractivity contribution in [3.8, 4) is 0 Å². The van der Waals surface area contributed by atoms with Crippen LogP contribution in [0, 0.1) is 6.92 Å². The number of hydrogen-bond donors (Lipinski definition) is 2. The van der Waals surface area contributed by atoms with Gasteiger partial charge < -0.3 is 10.6 Å². The molecule has 0 bridgehead atoms. The minimum absolute atomic E-state index is 0.00140. The Bertz CT molecular complexity index is 847. The number of benzene rings is 1. The number of aromatic nitrogens is 2.